The van der Waals surface area contributed by atoms with E-state index in [0.717, 1.165) is 11.3 Å². The highest BCUT2D eigenvalue weighted by molar-refractivity contribution is 7.18. The second kappa shape index (κ2) is 9.49. The van der Waals surface area contributed by atoms with Crippen LogP contribution in [0.2, 0.25) is 0 Å². The van der Waals surface area contributed by atoms with Gasteiger partial charge in [0.2, 0.25) is 0 Å². The van der Waals surface area contributed by atoms with Gasteiger partial charge < -0.3 is 14.8 Å². The van der Waals surface area contributed by atoms with Gasteiger partial charge in [-0.05, 0) is 52.3 Å². The highest BCUT2D eigenvalue weighted by Gasteiger charge is 2.28. The van der Waals surface area contributed by atoms with Crippen LogP contribution in [0.4, 0.5) is 10.7 Å². The molecule has 0 spiro atoms. The van der Waals surface area contributed by atoms with E-state index in [-0.39, 0.29) is 39.4 Å². The Morgan fingerprint density at radius 3 is 2.40 bits per heavy atom. The maximum absolute atomic E-state index is 12.7. The quantitative estimate of drug-likeness (QED) is 0.392. The Morgan fingerprint density at radius 2 is 1.87 bits per heavy atom. The van der Waals surface area contributed by atoms with Gasteiger partial charge in [0, 0.05) is 17.2 Å². The molecule has 1 heterocycles. The average Bonchev–Trinajstić information content (AvgIpc) is 2.97. The number of carbonyl (C=O) groups excluding carboxylic acids is 3. The molecule has 0 saturated carbocycles. The van der Waals surface area contributed by atoms with E-state index in [1.807, 2.05) is 0 Å². The van der Waals surface area contributed by atoms with E-state index in [9.17, 15) is 24.5 Å². The number of nitrogens with zero attached hydrogens (tertiary/aromatic N) is 1. The molecule has 1 N–H and O–H groups in total. The van der Waals surface area contributed by atoms with Gasteiger partial charge in [0.25, 0.3) is 11.6 Å². The van der Waals surface area contributed by atoms with Crippen molar-refractivity contribution in [2.75, 3.05) is 11.9 Å². The van der Waals surface area contributed by atoms with Crippen LogP contribution in [0.1, 0.15) is 62.3 Å². The molecule has 160 valence electrons. The first-order chi connectivity index (χ1) is 14.1. The molecule has 0 bridgehead atoms. The zero-order valence-electron chi connectivity index (χ0n) is 17.2. The molecule has 0 aliphatic rings. The number of hydrogen-bond acceptors (Lipinski definition) is 8. The van der Waals surface area contributed by atoms with E-state index >= 15 is 0 Å². The summed E-state index contributed by atoms with van der Waals surface area (Å²) in [6.45, 7) is 8.26. The molecule has 10 heteroatoms. The summed E-state index contributed by atoms with van der Waals surface area (Å²) < 4.78 is 10.3. The molecule has 0 fully saturated rings. The van der Waals surface area contributed by atoms with Crippen molar-refractivity contribution in [3.05, 3.63) is 55.4 Å². The van der Waals surface area contributed by atoms with Crippen LogP contribution in [0.3, 0.4) is 0 Å². The number of thiophene rings is 1. The summed E-state index contributed by atoms with van der Waals surface area (Å²) in [6, 6.07) is 3.94. The van der Waals surface area contributed by atoms with Crippen LogP contribution in [0.15, 0.2) is 18.2 Å². The number of anilines is 1. The monoisotopic (exact) mass is 434 g/mol. The van der Waals surface area contributed by atoms with Crippen LogP contribution in [-0.4, -0.2) is 35.5 Å². The summed E-state index contributed by atoms with van der Waals surface area (Å²) >= 11 is 0.910. The lowest BCUT2D eigenvalue weighted by Crippen LogP contribution is -2.15. The van der Waals surface area contributed by atoms with Crippen molar-refractivity contribution in [2.45, 2.75) is 40.7 Å². The number of benzene rings is 1. The number of aryl methyl sites for hydroxylation is 1. The maximum Gasteiger partial charge on any atom is 0.348 e. The third kappa shape index (κ3) is 5.01. The second-order valence-corrected chi connectivity index (χ2v) is 7.67. The summed E-state index contributed by atoms with van der Waals surface area (Å²) in [5.41, 5.74) is 0.806. The molecular weight excluding hydrogens is 412 g/mol. The number of rotatable bonds is 7. The van der Waals surface area contributed by atoms with Crippen LogP contribution >= 0.6 is 11.3 Å². The number of esters is 2. The van der Waals surface area contributed by atoms with Crippen LogP contribution in [0.5, 0.6) is 0 Å². The predicted octanol–water partition coefficient (Wildman–Crippen LogP) is 4.27. The molecule has 30 heavy (non-hydrogen) atoms. The van der Waals surface area contributed by atoms with E-state index < -0.39 is 22.8 Å². The molecular formula is C20H22N2O7S. The van der Waals surface area contributed by atoms with Crippen molar-refractivity contribution in [3.63, 3.8) is 0 Å². The first-order valence-electron chi connectivity index (χ1n) is 9.14. The summed E-state index contributed by atoms with van der Waals surface area (Å²) in [5, 5.41) is 13.7. The Kier molecular flexibility index (Phi) is 7.28. The lowest BCUT2D eigenvalue weighted by atomic mass is 10.1. The molecule has 0 unspecified atom stereocenters. The third-order valence-electron chi connectivity index (χ3n) is 4.04. The molecule has 1 aromatic carbocycles. The zero-order valence-corrected chi connectivity index (χ0v) is 18.0. The van der Waals surface area contributed by atoms with Crippen LogP contribution in [0.25, 0.3) is 0 Å². The van der Waals surface area contributed by atoms with Crippen molar-refractivity contribution >= 4 is 39.9 Å². The minimum Gasteiger partial charge on any atom is -0.462 e. The number of nitro benzene ring substituents is 1. The van der Waals surface area contributed by atoms with Gasteiger partial charge in [0.1, 0.15) is 9.88 Å². The molecule has 0 aliphatic carbocycles. The van der Waals surface area contributed by atoms with Gasteiger partial charge in [-0.2, -0.15) is 0 Å². The Hall–Kier alpha value is -3.27. The summed E-state index contributed by atoms with van der Waals surface area (Å²) in [7, 11) is 0. The SMILES string of the molecule is CCOC(=O)c1c(NC(=O)c2ccc([N+](=O)[O-])c(C)c2)sc(C(=O)OC(C)C)c1C. The van der Waals surface area contributed by atoms with Crippen LogP contribution < -0.4 is 5.32 Å². The van der Waals surface area contributed by atoms with Gasteiger partial charge in [-0.1, -0.05) is 0 Å². The molecule has 2 rings (SSSR count). The molecule has 2 aromatic rings. The standard InChI is InChI=1S/C20H22N2O7S/c1-6-28-19(24)15-12(5)16(20(25)29-10(2)3)30-18(15)21-17(23)13-7-8-14(22(26)27)11(4)9-13/h7-10H,6H2,1-5H3,(H,21,23). The fraction of sp³-hybridized carbons (Fsp3) is 0.350. The number of carbonyl (C=O) groups is 3. The number of nitro groups is 1. The average molecular weight is 434 g/mol. The second-order valence-electron chi connectivity index (χ2n) is 6.65. The van der Waals surface area contributed by atoms with Crippen LogP contribution in [-0.2, 0) is 9.47 Å². The van der Waals surface area contributed by atoms with E-state index in [4.69, 9.17) is 9.47 Å². The van der Waals surface area contributed by atoms with Gasteiger partial charge in [-0.25, -0.2) is 9.59 Å². The lowest BCUT2D eigenvalue weighted by Gasteiger charge is -2.08. The highest BCUT2D eigenvalue weighted by Crippen LogP contribution is 2.35. The minimum atomic E-state index is -0.676. The Labute approximate surface area is 177 Å². The predicted molar refractivity (Wildman–Crippen MR) is 111 cm³/mol. The molecule has 0 radical (unpaired) electrons. The van der Waals surface area contributed by atoms with E-state index in [2.05, 4.69) is 5.32 Å². The van der Waals surface area contributed by atoms with E-state index in [1.165, 1.54) is 25.1 Å². The third-order valence-corrected chi connectivity index (χ3v) is 5.22. The first kappa shape index (κ1) is 23.0. The highest BCUT2D eigenvalue weighted by atomic mass is 32.1. The summed E-state index contributed by atoms with van der Waals surface area (Å²) in [5.74, 6) is -1.86. The van der Waals surface area contributed by atoms with E-state index in [1.54, 1.807) is 27.7 Å². The Morgan fingerprint density at radius 1 is 1.20 bits per heavy atom. The molecule has 0 aliphatic heterocycles. The topological polar surface area (TPSA) is 125 Å². The summed E-state index contributed by atoms with van der Waals surface area (Å²) in [6.07, 6.45) is -0.355. The molecule has 1 amide bonds. The van der Waals surface area contributed by atoms with Crippen molar-refractivity contribution < 1.29 is 28.8 Å². The maximum atomic E-state index is 12.7. The molecule has 1 aromatic heterocycles. The fourth-order valence-corrected chi connectivity index (χ4v) is 3.76. The number of ether oxygens (including phenoxy) is 2. The van der Waals surface area contributed by atoms with Crippen LogP contribution in [0, 0.1) is 24.0 Å². The van der Waals surface area contributed by atoms with Gasteiger partial charge in [0.05, 0.1) is 23.2 Å². The molecule has 0 saturated heterocycles. The minimum absolute atomic E-state index is 0.0736. The molecule has 0 atom stereocenters. The number of amides is 1. The first-order valence-corrected chi connectivity index (χ1v) is 9.96. The number of hydrogen-bond donors (Lipinski definition) is 1. The largest absolute Gasteiger partial charge is 0.462 e. The zero-order chi connectivity index (χ0) is 22.6. The van der Waals surface area contributed by atoms with Crippen molar-refractivity contribution in [2.24, 2.45) is 0 Å². The van der Waals surface area contributed by atoms with Gasteiger partial charge in [0.15, 0.2) is 0 Å². The Balaban J connectivity index is 2.43. The van der Waals surface area contributed by atoms with Crippen molar-refractivity contribution in [1.29, 1.82) is 0 Å². The van der Waals surface area contributed by atoms with Crippen molar-refractivity contribution in [1.82, 2.24) is 0 Å². The fourth-order valence-electron chi connectivity index (χ4n) is 2.69. The summed E-state index contributed by atoms with van der Waals surface area (Å²) in [4.78, 5) is 48.1. The lowest BCUT2D eigenvalue weighted by molar-refractivity contribution is -0.385. The number of nitrogens with one attached hydrogen (secondary N) is 1. The van der Waals surface area contributed by atoms with E-state index in [0.29, 0.717) is 11.1 Å². The van der Waals surface area contributed by atoms with Gasteiger partial charge >= 0.3 is 11.9 Å². The normalized spacial score (nSPS) is 10.6. The molecule has 9 nitrogen and oxygen atoms in total. The smallest absolute Gasteiger partial charge is 0.348 e. The van der Waals surface area contributed by atoms with Gasteiger partial charge in [-0.15, -0.1) is 11.3 Å². The van der Waals surface area contributed by atoms with Gasteiger partial charge in [-0.3, -0.25) is 14.9 Å². The Bertz CT molecular complexity index is 1010. The van der Waals surface area contributed by atoms with Crippen molar-refractivity contribution in [3.8, 4) is 0 Å².